The lowest BCUT2D eigenvalue weighted by molar-refractivity contribution is -0.144. The molecule has 1 N–H and O–H groups in total. The van der Waals surface area contributed by atoms with E-state index in [-0.39, 0.29) is 17.9 Å². The van der Waals surface area contributed by atoms with E-state index in [1.54, 1.807) is 0 Å². The van der Waals surface area contributed by atoms with E-state index in [0.717, 1.165) is 20.9 Å². The van der Waals surface area contributed by atoms with Crippen molar-refractivity contribution in [1.29, 1.82) is 0 Å². The Hall–Kier alpha value is -1.11. The van der Waals surface area contributed by atoms with Crippen molar-refractivity contribution in [2.75, 3.05) is 20.7 Å². The van der Waals surface area contributed by atoms with Crippen LogP contribution in [-0.4, -0.2) is 42.6 Å². The minimum absolute atomic E-state index is 0.193. The number of carbonyl (C=O) groups is 1. The van der Waals surface area contributed by atoms with E-state index in [4.69, 9.17) is 4.74 Å². The van der Waals surface area contributed by atoms with Gasteiger partial charge in [-0.05, 0) is 31.2 Å². The number of hydrogen-bond acceptors (Lipinski definition) is 3. The Morgan fingerprint density at radius 3 is 2.91 bits per heavy atom. The zero-order chi connectivity index (χ0) is 16.6. The largest absolute Gasteiger partial charge is 0.469 e. The summed E-state index contributed by atoms with van der Waals surface area (Å²) in [7, 11) is 3.47. The lowest BCUT2D eigenvalue weighted by atomic mass is 9.96. The Bertz CT molecular complexity index is 769. The first-order chi connectivity index (χ1) is 11.0. The molecule has 0 fully saturated rings. The molecule has 4 nitrogen and oxygen atoms in total. The van der Waals surface area contributed by atoms with Crippen LogP contribution >= 0.6 is 31.9 Å². The van der Waals surface area contributed by atoms with Crippen molar-refractivity contribution >= 4 is 48.7 Å². The number of benzene rings is 1. The number of fused-ring (bicyclic) bond motifs is 1. The number of aromatic nitrogens is 1. The summed E-state index contributed by atoms with van der Waals surface area (Å²) in [4.78, 5) is 17.3. The number of rotatable bonds is 3. The lowest BCUT2D eigenvalue weighted by Crippen LogP contribution is -2.42. The quantitative estimate of drug-likeness (QED) is 0.735. The highest BCUT2D eigenvalue weighted by molar-refractivity contribution is 9.11. The molecular weight excluding hydrogens is 424 g/mol. The number of methoxy groups -OCH3 is 1. The van der Waals surface area contributed by atoms with Crippen molar-refractivity contribution < 1.29 is 9.53 Å². The van der Waals surface area contributed by atoms with Crippen molar-refractivity contribution in [3.8, 4) is 0 Å². The molecule has 0 unspecified atom stereocenters. The van der Waals surface area contributed by atoms with Gasteiger partial charge in [-0.1, -0.05) is 44.0 Å². The predicted molar refractivity (Wildman–Crippen MR) is 98.6 cm³/mol. The highest BCUT2D eigenvalue weighted by Gasteiger charge is 2.31. The van der Waals surface area contributed by atoms with Crippen LogP contribution in [0.5, 0.6) is 0 Å². The average molecular weight is 442 g/mol. The number of esters is 1. The van der Waals surface area contributed by atoms with E-state index in [0.29, 0.717) is 6.54 Å². The maximum Gasteiger partial charge on any atom is 0.313 e. The first kappa shape index (κ1) is 16.7. The van der Waals surface area contributed by atoms with E-state index in [2.05, 4.69) is 60.1 Å². The van der Waals surface area contributed by atoms with Crippen molar-refractivity contribution in [1.82, 2.24) is 9.88 Å². The molecule has 23 heavy (non-hydrogen) atoms. The number of carbonyl (C=O) groups excluding carboxylic acids is 1. The second-order valence-corrected chi connectivity index (χ2v) is 7.59. The molecule has 0 radical (unpaired) electrons. The third-order valence-electron chi connectivity index (χ3n) is 4.35. The standard InChI is InChI=1S/C17H18Br2N2O2/c1-21-9-11(17(22)23-2)6-13(19)15(21)7-10-8-20-14-5-3-4-12(18)16(10)14/h3-6,8,11,15,20H,7,9H2,1-2H3/t11-,15-/m1/s1. The topological polar surface area (TPSA) is 45.3 Å². The van der Waals surface area contributed by atoms with Crippen molar-refractivity contribution in [2.45, 2.75) is 12.5 Å². The van der Waals surface area contributed by atoms with Gasteiger partial charge in [-0.25, -0.2) is 0 Å². The fraction of sp³-hybridized carbons (Fsp3) is 0.353. The van der Waals surface area contributed by atoms with E-state index >= 15 is 0 Å². The number of H-pyrrole nitrogens is 1. The molecule has 1 aliphatic rings. The van der Waals surface area contributed by atoms with Gasteiger partial charge in [0, 0.05) is 38.6 Å². The number of aromatic amines is 1. The minimum Gasteiger partial charge on any atom is -0.469 e. The highest BCUT2D eigenvalue weighted by Crippen LogP contribution is 2.32. The number of hydrogen-bond donors (Lipinski definition) is 1. The van der Waals surface area contributed by atoms with Crippen LogP contribution in [0.15, 0.2) is 39.4 Å². The van der Waals surface area contributed by atoms with Gasteiger partial charge in [-0.15, -0.1) is 0 Å². The van der Waals surface area contributed by atoms with Gasteiger partial charge in [-0.2, -0.15) is 0 Å². The number of ether oxygens (including phenoxy) is 1. The number of halogens is 2. The molecule has 0 spiro atoms. The predicted octanol–water partition coefficient (Wildman–Crippen LogP) is 3.85. The van der Waals surface area contributed by atoms with Gasteiger partial charge in [0.15, 0.2) is 0 Å². The van der Waals surface area contributed by atoms with Gasteiger partial charge in [-0.3, -0.25) is 9.69 Å². The smallest absolute Gasteiger partial charge is 0.313 e. The fourth-order valence-corrected chi connectivity index (χ4v) is 4.58. The highest BCUT2D eigenvalue weighted by atomic mass is 79.9. The van der Waals surface area contributed by atoms with Crippen molar-refractivity contribution in [3.05, 3.63) is 45.0 Å². The Morgan fingerprint density at radius 2 is 2.22 bits per heavy atom. The molecule has 0 aliphatic carbocycles. The summed E-state index contributed by atoms with van der Waals surface area (Å²) >= 11 is 7.29. The maximum atomic E-state index is 11.8. The van der Waals surface area contributed by atoms with Crippen LogP contribution in [0.3, 0.4) is 0 Å². The number of nitrogens with zero attached hydrogens (tertiary/aromatic N) is 1. The van der Waals surface area contributed by atoms with Gasteiger partial charge < -0.3 is 9.72 Å². The zero-order valence-corrected chi connectivity index (χ0v) is 16.1. The van der Waals surface area contributed by atoms with Gasteiger partial charge >= 0.3 is 5.97 Å². The molecule has 0 saturated carbocycles. The molecule has 1 aromatic heterocycles. The molecule has 3 rings (SSSR count). The normalized spacial score (nSPS) is 22.2. The van der Waals surface area contributed by atoms with Crippen LogP contribution in [0.4, 0.5) is 0 Å². The molecule has 0 bridgehead atoms. The lowest BCUT2D eigenvalue weighted by Gasteiger charge is -2.34. The molecule has 0 amide bonds. The molecule has 6 heteroatoms. The third kappa shape index (κ3) is 3.25. The molecule has 2 heterocycles. The van der Waals surface area contributed by atoms with E-state index in [9.17, 15) is 4.79 Å². The summed E-state index contributed by atoms with van der Waals surface area (Å²) in [5.74, 6) is -0.410. The van der Waals surface area contributed by atoms with Gasteiger partial charge in [0.25, 0.3) is 0 Å². The van der Waals surface area contributed by atoms with Gasteiger partial charge in [0.2, 0.25) is 0 Å². The number of nitrogens with one attached hydrogen (secondary N) is 1. The number of likely N-dealkylation sites (N-methyl/N-ethyl adjacent to an activating group) is 1. The Morgan fingerprint density at radius 1 is 1.43 bits per heavy atom. The molecule has 2 atom stereocenters. The molecule has 2 aromatic rings. The summed E-state index contributed by atoms with van der Waals surface area (Å²) in [6.45, 7) is 0.663. The second kappa shape index (κ2) is 6.79. The van der Waals surface area contributed by atoms with Crippen molar-refractivity contribution in [2.24, 2.45) is 5.92 Å². The summed E-state index contributed by atoms with van der Waals surface area (Å²) in [5, 5.41) is 1.22. The Labute approximate surface area is 152 Å². The molecule has 1 aromatic carbocycles. The Kier molecular flexibility index (Phi) is 4.94. The summed E-state index contributed by atoms with van der Waals surface area (Å²) in [5.41, 5.74) is 2.38. The summed E-state index contributed by atoms with van der Waals surface area (Å²) in [6, 6.07) is 6.37. The van der Waals surface area contributed by atoms with Crippen LogP contribution in [-0.2, 0) is 16.0 Å². The van der Waals surface area contributed by atoms with Crippen LogP contribution in [0.2, 0.25) is 0 Å². The maximum absolute atomic E-state index is 11.8. The van der Waals surface area contributed by atoms with Crippen LogP contribution in [0, 0.1) is 5.92 Å². The van der Waals surface area contributed by atoms with Gasteiger partial charge in [0.1, 0.15) is 0 Å². The second-order valence-electron chi connectivity index (χ2n) is 5.82. The fourth-order valence-electron chi connectivity index (χ4n) is 3.13. The summed E-state index contributed by atoms with van der Waals surface area (Å²) < 4.78 is 6.98. The zero-order valence-electron chi connectivity index (χ0n) is 13.0. The average Bonchev–Trinajstić information content (AvgIpc) is 2.94. The third-order valence-corrected chi connectivity index (χ3v) is 5.80. The molecule has 122 valence electrons. The minimum atomic E-state index is -0.217. The van der Waals surface area contributed by atoms with Crippen LogP contribution < -0.4 is 0 Å². The first-order valence-corrected chi connectivity index (χ1v) is 8.99. The Balaban J connectivity index is 1.89. The van der Waals surface area contributed by atoms with E-state index < -0.39 is 0 Å². The summed E-state index contributed by atoms with van der Waals surface area (Å²) in [6.07, 6.45) is 4.90. The molecule has 0 saturated heterocycles. The van der Waals surface area contributed by atoms with Crippen LogP contribution in [0.25, 0.3) is 10.9 Å². The first-order valence-electron chi connectivity index (χ1n) is 7.41. The monoisotopic (exact) mass is 440 g/mol. The van der Waals surface area contributed by atoms with Crippen molar-refractivity contribution in [3.63, 3.8) is 0 Å². The van der Waals surface area contributed by atoms with E-state index in [1.807, 2.05) is 19.2 Å². The molecule has 1 aliphatic heterocycles. The van der Waals surface area contributed by atoms with E-state index in [1.165, 1.54) is 18.1 Å². The van der Waals surface area contributed by atoms with Gasteiger partial charge in [0.05, 0.1) is 13.0 Å². The molecular formula is C17H18Br2N2O2. The SMILES string of the molecule is COC(=O)[C@@H]1C=C(Br)[C@@H](Cc2c[nH]c3cccc(Br)c23)N(C)C1. The van der Waals surface area contributed by atoms with Crippen LogP contribution in [0.1, 0.15) is 5.56 Å².